The fourth-order valence-electron chi connectivity index (χ4n) is 5.03. The summed E-state index contributed by atoms with van der Waals surface area (Å²) in [7, 11) is -20.9. The number of carbonyl (C=O) groups excluding carboxylic acids is 2. The number of amides is 1. The van der Waals surface area contributed by atoms with Gasteiger partial charge in [0.1, 0.15) is 31.7 Å². The molecule has 0 aliphatic rings. The number of nitrogens with one attached hydrogen (secondary N) is 1. The number of nitrogen functional groups attached to an aromatic ring is 1. The van der Waals surface area contributed by atoms with Crippen LogP contribution in [-0.2, 0) is 50.1 Å². The number of Topliss-reactive ketones (excluding diaryl/α,β-unsaturated/α-hetero) is 1. The van der Waals surface area contributed by atoms with Crippen molar-refractivity contribution in [1.82, 2.24) is 0 Å². The molecule has 0 aliphatic carbocycles. The summed E-state index contributed by atoms with van der Waals surface area (Å²) in [6.45, 7) is 1.15. The summed E-state index contributed by atoms with van der Waals surface area (Å²) in [5, 5.41) is 34.9. The van der Waals surface area contributed by atoms with Gasteiger partial charge in [-0.1, -0.05) is 18.2 Å². The zero-order valence-corrected chi connectivity index (χ0v) is 39.8. The van der Waals surface area contributed by atoms with Crippen LogP contribution >= 0.6 is 0 Å². The summed E-state index contributed by atoms with van der Waals surface area (Å²) >= 11 is 0. The van der Waals surface area contributed by atoms with Crippen LogP contribution in [0.25, 0.3) is 10.8 Å². The minimum absolute atomic E-state index is 0. The van der Waals surface area contributed by atoms with Gasteiger partial charge in [-0.3, -0.25) is 27.8 Å². The number of phenols is 1. The molecule has 61 heavy (non-hydrogen) atoms. The summed E-state index contributed by atoms with van der Waals surface area (Å²) in [6, 6.07) is 14.6. The van der Waals surface area contributed by atoms with Gasteiger partial charge < -0.3 is 16.2 Å². The largest absolute Gasteiger partial charge is 1.00 e. The SMILES string of the molecule is CC(=O)C(N=Nc1ccc(N=Nc2c(S(=O)(=O)O)cc3cc(S(=O)(=O)O)c(N=Nc4cc(S(=O)(=O)O)ccc4S(=O)(=O)O)c(O)c3c2N)cc1)C(=O)Nc1ccccc1.[K+].[Na+]. The summed E-state index contributed by atoms with van der Waals surface area (Å²) < 4.78 is 136. The van der Waals surface area contributed by atoms with Gasteiger partial charge in [0.05, 0.1) is 27.3 Å². The maximum Gasteiger partial charge on any atom is 1.00 e. The van der Waals surface area contributed by atoms with Crippen LogP contribution in [0, 0.1) is 0 Å². The Hall–Kier alpha value is -3.82. The topological polar surface area (TPSA) is 384 Å². The maximum atomic E-state index is 12.6. The molecule has 0 aliphatic heterocycles. The Kier molecular flexibility index (Phi) is 17.0. The molecular formula is C32H26KN8NaO15S4+2. The first-order valence-electron chi connectivity index (χ1n) is 15.7. The van der Waals surface area contributed by atoms with Crippen LogP contribution in [0.5, 0.6) is 5.75 Å². The van der Waals surface area contributed by atoms with Crippen LogP contribution < -0.4 is 92.0 Å². The number of para-hydroxylation sites is 1. The number of rotatable bonds is 13. The minimum atomic E-state index is -5.44. The van der Waals surface area contributed by atoms with Crippen LogP contribution in [0.1, 0.15) is 6.92 Å². The molecule has 1 unspecified atom stereocenters. The summed E-state index contributed by atoms with van der Waals surface area (Å²) in [4.78, 5) is 20.3. The summed E-state index contributed by atoms with van der Waals surface area (Å²) in [5.74, 6) is -2.62. The molecule has 0 heterocycles. The standard InChI is InChI=1S/C32H26N8O15S4.K.Na/c1-16(41)28(32(43)34-18-5-3-2-4-6-18)38-35-19-7-9-20(10-8-19)36-39-29-24(58(50,51)52)13-17-14-25(59(53,54)55)30(31(42)26(17)27(29)33)40-37-22-15-21(56(44,45)46)11-12-23(22)57(47,48)49;;/h2-15,28,42H,33H2,1H3,(H,34,43)(H,44,45,46)(H,47,48,49)(H,50,51,52)(H,53,54,55);;/q;2*+1. The van der Waals surface area contributed by atoms with Gasteiger partial charge in [0.2, 0.25) is 6.04 Å². The van der Waals surface area contributed by atoms with Gasteiger partial charge in [-0.2, -0.15) is 49.0 Å². The molecule has 0 spiro atoms. The molecule has 8 N–H and O–H groups in total. The minimum Gasteiger partial charge on any atom is -0.505 e. The predicted molar refractivity (Wildman–Crippen MR) is 205 cm³/mol. The summed E-state index contributed by atoms with van der Waals surface area (Å²) in [6.07, 6.45) is 0. The normalized spacial score (nSPS) is 12.9. The van der Waals surface area contributed by atoms with Crippen LogP contribution in [0.15, 0.2) is 135 Å². The zero-order chi connectivity index (χ0) is 43.7. The fraction of sp³-hybridized carbons (Fsp3) is 0.0625. The van der Waals surface area contributed by atoms with Crippen molar-refractivity contribution in [3.8, 4) is 5.75 Å². The van der Waals surface area contributed by atoms with Crippen molar-refractivity contribution in [2.75, 3.05) is 11.1 Å². The van der Waals surface area contributed by atoms with Crippen molar-refractivity contribution in [3.63, 3.8) is 0 Å². The molecule has 0 saturated carbocycles. The van der Waals surface area contributed by atoms with E-state index in [0.717, 1.165) is 6.92 Å². The number of ketones is 1. The van der Waals surface area contributed by atoms with Crippen molar-refractivity contribution in [1.29, 1.82) is 0 Å². The molecule has 0 bridgehead atoms. The molecule has 5 rings (SSSR count). The number of nitrogens with zero attached hydrogens (tertiary/aromatic N) is 6. The number of nitrogens with two attached hydrogens (primary N) is 1. The molecule has 23 nitrogen and oxygen atoms in total. The number of hydrogen-bond donors (Lipinski definition) is 7. The monoisotopic (exact) mass is 952 g/mol. The average Bonchev–Trinajstić information content (AvgIpc) is 3.13. The quantitative estimate of drug-likeness (QED) is 0.0260. The van der Waals surface area contributed by atoms with E-state index in [1.807, 2.05) is 0 Å². The molecule has 29 heteroatoms. The van der Waals surface area contributed by atoms with Crippen molar-refractivity contribution in [3.05, 3.63) is 84.9 Å². The van der Waals surface area contributed by atoms with E-state index in [9.17, 15) is 66.6 Å². The number of fused-ring (bicyclic) bond motifs is 1. The van der Waals surface area contributed by atoms with E-state index in [1.165, 1.54) is 24.3 Å². The second kappa shape index (κ2) is 20.1. The van der Waals surface area contributed by atoms with E-state index in [1.54, 1.807) is 30.3 Å². The van der Waals surface area contributed by atoms with E-state index in [4.69, 9.17) is 5.73 Å². The smallest absolute Gasteiger partial charge is 0.505 e. The van der Waals surface area contributed by atoms with Crippen molar-refractivity contribution in [2.24, 2.45) is 30.7 Å². The van der Waals surface area contributed by atoms with Crippen molar-refractivity contribution in [2.45, 2.75) is 32.5 Å². The maximum absolute atomic E-state index is 12.6. The number of phenolic OH excluding ortho intramolecular Hbond substituents is 1. The Bertz CT molecular complexity index is 3100. The zero-order valence-electron chi connectivity index (χ0n) is 31.4. The van der Waals surface area contributed by atoms with Crippen LogP contribution in [0.2, 0.25) is 0 Å². The number of carbonyl (C=O) groups is 2. The van der Waals surface area contributed by atoms with Crippen LogP contribution in [-0.4, -0.2) is 74.7 Å². The fourth-order valence-corrected chi connectivity index (χ4v) is 7.46. The molecule has 0 radical (unpaired) electrons. The molecule has 1 atom stereocenters. The predicted octanol–water partition coefficient (Wildman–Crippen LogP) is -0.367. The van der Waals surface area contributed by atoms with E-state index < -0.39 is 117 Å². The van der Waals surface area contributed by atoms with Crippen molar-refractivity contribution < 1.29 is 148 Å². The Balaban J connectivity index is 0.00000496. The molecule has 0 saturated heterocycles. The third kappa shape index (κ3) is 12.6. The van der Waals surface area contributed by atoms with E-state index in [0.29, 0.717) is 36.0 Å². The third-order valence-corrected chi connectivity index (χ3v) is 11.2. The van der Waals surface area contributed by atoms with Gasteiger partial charge in [0.15, 0.2) is 11.5 Å². The first-order chi connectivity index (χ1) is 27.4. The summed E-state index contributed by atoms with van der Waals surface area (Å²) in [5.41, 5.74) is 2.88. The van der Waals surface area contributed by atoms with Gasteiger partial charge in [-0.15, -0.1) is 15.3 Å². The van der Waals surface area contributed by atoms with E-state index >= 15 is 0 Å². The van der Waals surface area contributed by atoms with Gasteiger partial charge in [-0.25, -0.2) is 0 Å². The molecule has 0 fully saturated rings. The molecule has 1 amide bonds. The molecule has 308 valence electrons. The second-order valence-electron chi connectivity index (χ2n) is 11.8. The number of hydrogen-bond acceptors (Lipinski definition) is 18. The van der Waals surface area contributed by atoms with Gasteiger partial charge in [0, 0.05) is 5.69 Å². The first-order valence-corrected chi connectivity index (χ1v) is 21.5. The van der Waals surface area contributed by atoms with E-state index in [2.05, 4.69) is 36.0 Å². The Morgan fingerprint density at radius 3 is 1.66 bits per heavy atom. The Morgan fingerprint density at radius 1 is 0.639 bits per heavy atom. The Morgan fingerprint density at radius 2 is 1.15 bits per heavy atom. The van der Waals surface area contributed by atoms with Crippen LogP contribution in [0.4, 0.5) is 39.8 Å². The number of benzene rings is 5. The first kappa shape index (κ1) is 51.5. The van der Waals surface area contributed by atoms with Gasteiger partial charge in [0.25, 0.3) is 46.4 Å². The van der Waals surface area contributed by atoms with Gasteiger partial charge in [-0.05, 0) is 79.0 Å². The second-order valence-corrected chi connectivity index (χ2v) is 17.4. The molecular weight excluding hydrogens is 927 g/mol. The third-order valence-electron chi connectivity index (χ3n) is 7.71. The van der Waals surface area contributed by atoms with Crippen molar-refractivity contribution >= 4 is 103 Å². The van der Waals surface area contributed by atoms with E-state index in [-0.39, 0.29) is 92.3 Å². The number of azo groups is 3. The average molecular weight is 953 g/mol. The molecule has 5 aromatic rings. The Labute approximate surface area is 410 Å². The number of anilines is 2. The van der Waals surface area contributed by atoms with Gasteiger partial charge >= 0.3 is 80.9 Å². The number of aromatic hydroxyl groups is 1. The van der Waals surface area contributed by atoms with Crippen LogP contribution in [0.3, 0.4) is 0 Å². The molecule has 0 aromatic heterocycles. The molecule has 5 aromatic carbocycles.